The summed E-state index contributed by atoms with van der Waals surface area (Å²) >= 11 is 1.13. The Hall–Kier alpha value is -3.28. The van der Waals surface area contributed by atoms with Gasteiger partial charge in [0.1, 0.15) is 5.82 Å². The number of nitrogens with zero attached hydrogens (tertiary/aromatic N) is 4. The van der Waals surface area contributed by atoms with E-state index in [-0.39, 0.29) is 37.0 Å². The van der Waals surface area contributed by atoms with Crippen LogP contribution in [0.5, 0.6) is 0 Å². The van der Waals surface area contributed by atoms with Crippen molar-refractivity contribution < 1.29 is 14.3 Å². The number of aromatic amines is 1. The van der Waals surface area contributed by atoms with E-state index in [0.29, 0.717) is 35.2 Å². The van der Waals surface area contributed by atoms with E-state index < -0.39 is 17.2 Å². The molecule has 3 aromatic heterocycles. The van der Waals surface area contributed by atoms with Crippen LogP contribution in [0.15, 0.2) is 15.0 Å². The van der Waals surface area contributed by atoms with E-state index in [1.807, 2.05) is 20.8 Å². The number of hydrogen-bond acceptors (Lipinski definition) is 8. The van der Waals surface area contributed by atoms with E-state index in [4.69, 9.17) is 4.74 Å². The second-order valence-corrected chi connectivity index (χ2v) is 9.13. The van der Waals surface area contributed by atoms with Gasteiger partial charge in [0.15, 0.2) is 22.0 Å². The summed E-state index contributed by atoms with van der Waals surface area (Å²) in [6.45, 7) is 8.99. The Morgan fingerprint density at radius 1 is 1.21 bits per heavy atom. The number of amides is 1. The maximum Gasteiger partial charge on any atom is 0.357 e. The number of thiazole rings is 1. The molecule has 0 atom stereocenters. The number of ether oxygens (including phenoxy) is 1. The Bertz CT molecular complexity index is 1290. The van der Waals surface area contributed by atoms with Gasteiger partial charge in [-0.2, -0.15) is 0 Å². The molecule has 0 aromatic carbocycles. The van der Waals surface area contributed by atoms with Crippen LogP contribution in [-0.4, -0.2) is 42.6 Å². The zero-order chi connectivity index (χ0) is 24.8. The number of aromatic nitrogens is 5. The molecule has 3 heterocycles. The molecule has 0 bridgehead atoms. The Balaban J connectivity index is 1.84. The molecule has 1 amide bonds. The van der Waals surface area contributed by atoms with Gasteiger partial charge < -0.3 is 14.6 Å². The topological polar surface area (TPSA) is 141 Å². The van der Waals surface area contributed by atoms with Gasteiger partial charge in [-0.05, 0) is 19.3 Å². The fourth-order valence-corrected chi connectivity index (χ4v) is 4.23. The minimum absolute atomic E-state index is 0.0901. The minimum atomic E-state index is -0.541. The molecule has 0 spiro atoms. The lowest BCUT2D eigenvalue weighted by Crippen LogP contribution is -2.31. The molecule has 0 saturated carbocycles. The molecule has 0 aliphatic rings. The quantitative estimate of drug-likeness (QED) is 0.394. The van der Waals surface area contributed by atoms with Crippen molar-refractivity contribution in [1.29, 1.82) is 0 Å². The summed E-state index contributed by atoms with van der Waals surface area (Å²) in [5.41, 5.74) is -0.127. The fraction of sp³-hybridized carbons (Fsp3) is 0.545. The van der Waals surface area contributed by atoms with Crippen LogP contribution in [0.1, 0.15) is 63.3 Å². The molecule has 0 radical (unpaired) electrons. The molecule has 0 unspecified atom stereocenters. The van der Waals surface area contributed by atoms with Crippen LogP contribution in [0.4, 0.5) is 5.13 Å². The van der Waals surface area contributed by atoms with E-state index in [1.165, 1.54) is 9.95 Å². The minimum Gasteiger partial charge on any atom is -0.461 e. The second-order valence-electron chi connectivity index (χ2n) is 8.28. The zero-order valence-corrected chi connectivity index (χ0v) is 20.7. The summed E-state index contributed by atoms with van der Waals surface area (Å²) in [4.78, 5) is 60.5. The third-order valence-electron chi connectivity index (χ3n) is 5.06. The normalized spacial score (nSPS) is 11.3. The maximum absolute atomic E-state index is 12.7. The van der Waals surface area contributed by atoms with Gasteiger partial charge in [0, 0.05) is 31.3 Å². The number of H-pyrrole nitrogens is 1. The first-order chi connectivity index (χ1) is 16.2. The monoisotopic (exact) mass is 490 g/mol. The molecule has 3 aromatic rings. The number of rotatable bonds is 11. The number of carbonyl (C=O) groups is 2. The fourth-order valence-electron chi connectivity index (χ4n) is 3.53. The van der Waals surface area contributed by atoms with Crippen molar-refractivity contribution in [2.45, 2.75) is 66.5 Å². The van der Waals surface area contributed by atoms with Crippen LogP contribution in [0.25, 0.3) is 11.2 Å². The van der Waals surface area contributed by atoms with Crippen molar-refractivity contribution in [3.63, 3.8) is 0 Å². The predicted octanol–water partition coefficient (Wildman–Crippen LogP) is 2.55. The highest BCUT2D eigenvalue weighted by Crippen LogP contribution is 2.18. The molecule has 2 N–H and O–H groups in total. The summed E-state index contributed by atoms with van der Waals surface area (Å²) in [7, 11) is 0. The highest BCUT2D eigenvalue weighted by atomic mass is 32.1. The van der Waals surface area contributed by atoms with Crippen LogP contribution in [0, 0.1) is 5.92 Å². The van der Waals surface area contributed by atoms with E-state index in [1.54, 1.807) is 11.5 Å². The van der Waals surface area contributed by atoms with Crippen LogP contribution in [0.2, 0.25) is 0 Å². The van der Waals surface area contributed by atoms with Gasteiger partial charge in [0.2, 0.25) is 5.91 Å². The first-order valence-electron chi connectivity index (χ1n) is 11.4. The SMILES string of the molecule is CCCCn1c(=O)[nH]c(=O)c2c1nc(CCC(=O)Nc1nc(C(=O)OCC)cs1)n2CC(C)C. The number of imidazole rings is 1. The van der Waals surface area contributed by atoms with Crippen molar-refractivity contribution in [2.24, 2.45) is 5.92 Å². The molecule has 12 heteroatoms. The number of anilines is 1. The first-order valence-corrected chi connectivity index (χ1v) is 12.3. The number of carbonyl (C=O) groups excluding carboxylic acids is 2. The van der Waals surface area contributed by atoms with E-state index in [9.17, 15) is 19.2 Å². The average molecular weight is 491 g/mol. The van der Waals surface area contributed by atoms with Crippen LogP contribution in [0.3, 0.4) is 0 Å². The average Bonchev–Trinajstić information content (AvgIpc) is 3.37. The summed E-state index contributed by atoms with van der Waals surface area (Å²) < 4.78 is 8.20. The van der Waals surface area contributed by atoms with Crippen LogP contribution >= 0.6 is 11.3 Å². The van der Waals surface area contributed by atoms with Gasteiger partial charge in [0.25, 0.3) is 5.56 Å². The van der Waals surface area contributed by atoms with Gasteiger partial charge in [-0.15, -0.1) is 11.3 Å². The summed E-state index contributed by atoms with van der Waals surface area (Å²) in [5.74, 6) is -0.0604. The van der Waals surface area contributed by atoms with Crippen molar-refractivity contribution in [3.05, 3.63) is 37.7 Å². The van der Waals surface area contributed by atoms with E-state index in [2.05, 4.69) is 20.3 Å². The summed E-state index contributed by atoms with van der Waals surface area (Å²) in [6, 6.07) is 0. The Morgan fingerprint density at radius 2 is 1.97 bits per heavy atom. The van der Waals surface area contributed by atoms with Gasteiger partial charge in [-0.3, -0.25) is 19.1 Å². The van der Waals surface area contributed by atoms with Gasteiger partial charge in [0.05, 0.1) is 6.61 Å². The van der Waals surface area contributed by atoms with Crippen molar-refractivity contribution in [1.82, 2.24) is 24.1 Å². The number of nitrogens with one attached hydrogen (secondary N) is 2. The number of aryl methyl sites for hydroxylation is 2. The number of unbranched alkanes of at least 4 members (excludes halogenated alkanes) is 1. The molecule has 3 rings (SSSR count). The predicted molar refractivity (Wildman–Crippen MR) is 129 cm³/mol. The highest BCUT2D eigenvalue weighted by Gasteiger charge is 2.20. The molecule has 34 heavy (non-hydrogen) atoms. The molecule has 0 aliphatic carbocycles. The van der Waals surface area contributed by atoms with Crippen molar-refractivity contribution in [3.8, 4) is 0 Å². The highest BCUT2D eigenvalue weighted by molar-refractivity contribution is 7.14. The number of esters is 1. The third kappa shape index (κ3) is 5.79. The second kappa shape index (κ2) is 11.2. The van der Waals surface area contributed by atoms with E-state index in [0.717, 1.165) is 24.2 Å². The van der Waals surface area contributed by atoms with E-state index >= 15 is 0 Å². The summed E-state index contributed by atoms with van der Waals surface area (Å²) in [6.07, 6.45) is 2.02. The lowest BCUT2D eigenvalue weighted by Gasteiger charge is -2.11. The molecule has 11 nitrogen and oxygen atoms in total. The standard InChI is InChI=1S/C22H30N6O5S/c1-5-7-10-27-18-17(19(30)26-22(27)32)28(11-13(3)4)15(24-18)8-9-16(29)25-21-23-14(12-34-21)20(31)33-6-2/h12-13H,5-11H2,1-4H3,(H,23,25,29)(H,26,30,32). The van der Waals surface area contributed by atoms with Gasteiger partial charge in [-0.25, -0.2) is 19.6 Å². The van der Waals surface area contributed by atoms with Crippen molar-refractivity contribution in [2.75, 3.05) is 11.9 Å². The molecule has 0 fully saturated rings. The third-order valence-corrected chi connectivity index (χ3v) is 5.82. The van der Waals surface area contributed by atoms with Crippen LogP contribution in [-0.2, 0) is 29.0 Å². The number of hydrogen-bond donors (Lipinski definition) is 2. The Labute approximate surface area is 200 Å². The van der Waals surface area contributed by atoms with Crippen LogP contribution < -0.4 is 16.6 Å². The largest absolute Gasteiger partial charge is 0.461 e. The molecular weight excluding hydrogens is 460 g/mol. The maximum atomic E-state index is 12.7. The summed E-state index contributed by atoms with van der Waals surface area (Å²) in [5, 5.41) is 4.51. The Kier molecular flexibility index (Phi) is 8.37. The lowest BCUT2D eigenvalue weighted by atomic mass is 10.2. The van der Waals surface area contributed by atoms with Gasteiger partial charge >= 0.3 is 11.7 Å². The molecule has 0 aliphatic heterocycles. The number of fused-ring (bicyclic) bond motifs is 1. The smallest absolute Gasteiger partial charge is 0.357 e. The lowest BCUT2D eigenvalue weighted by molar-refractivity contribution is -0.116. The first kappa shape index (κ1) is 25.3. The molecule has 0 saturated heterocycles. The zero-order valence-electron chi connectivity index (χ0n) is 19.8. The molecular formula is C22H30N6O5S. The Morgan fingerprint density at radius 3 is 2.65 bits per heavy atom. The van der Waals surface area contributed by atoms with Gasteiger partial charge in [-0.1, -0.05) is 27.2 Å². The molecule has 184 valence electrons. The van der Waals surface area contributed by atoms with Crippen molar-refractivity contribution >= 4 is 39.5 Å².